The summed E-state index contributed by atoms with van der Waals surface area (Å²) in [5, 5.41) is 0. The molecule has 0 amide bonds. The molecule has 0 aliphatic carbocycles. The second kappa shape index (κ2) is 4.37. The maximum absolute atomic E-state index is 11.6. The lowest BCUT2D eigenvalue weighted by molar-refractivity contribution is -0.141. The third kappa shape index (κ3) is 2.02. The van der Waals surface area contributed by atoms with E-state index in [0.717, 1.165) is 10.5 Å². The molecular formula is C12H14O3S. The lowest BCUT2D eigenvalue weighted by atomic mass is 9.97. The van der Waals surface area contributed by atoms with Crippen molar-refractivity contribution in [2.24, 2.45) is 5.92 Å². The van der Waals surface area contributed by atoms with Gasteiger partial charge in [-0.05, 0) is 6.07 Å². The minimum atomic E-state index is -1.05. The van der Waals surface area contributed by atoms with E-state index >= 15 is 0 Å². The summed E-state index contributed by atoms with van der Waals surface area (Å²) in [4.78, 5) is 12.0. The molecule has 1 aliphatic rings. The van der Waals surface area contributed by atoms with E-state index in [4.69, 9.17) is 4.74 Å². The van der Waals surface area contributed by atoms with Crippen LogP contribution in [0.25, 0.3) is 0 Å². The van der Waals surface area contributed by atoms with E-state index in [1.165, 1.54) is 0 Å². The van der Waals surface area contributed by atoms with Crippen LogP contribution in [0.15, 0.2) is 29.2 Å². The van der Waals surface area contributed by atoms with Crippen LogP contribution in [-0.2, 0) is 20.3 Å². The molecule has 0 radical (unpaired) electrons. The highest BCUT2D eigenvalue weighted by Gasteiger charge is 2.34. The van der Waals surface area contributed by atoms with Gasteiger partial charge in [0.05, 0.1) is 17.2 Å². The van der Waals surface area contributed by atoms with Crippen LogP contribution in [0, 0.1) is 5.92 Å². The maximum Gasteiger partial charge on any atom is 0.306 e. The van der Waals surface area contributed by atoms with Gasteiger partial charge >= 0.3 is 5.97 Å². The molecule has 0 saturated carbocycles. The van der Waals surface area contributed by atoms with Crippen molar-refractivity contribution in [3.63, 3.8) is 0 Å². The SMILES string of the molecule is C[C@H]1CC(=O)O[C@@H]1c1ccccc1S(C)=O. The molecule has 86 valence electrons. The van der Waals surface area contributed by atoms with E-state index in [0.29, 0.717) is 6.42 Å². The zero-order valence-corrected chi connectivity index (χ0v) is 10.1. The molecule has 2 rings (SSSR count). The summed E-state index contributed by atoms with van der Waals surface area (Å²) in [5.41, 5.74) is 0.877. The van der Waals surface area contributed by atoms with E-state index in [-0.39, 0.29) is 18.0 Å². The number of ether oxygens (including phenoxy) is 1. The molecule has 1 fully saturated rings. The molecule has 0 spiro atoms. The van der Waals surface area contributed by atoms with Crippen molar-refractivity contribution in [2.75, 3.05) is 6.26 Å². The number of carbonyl (C=O) groups excluding carboxylic acids is 1. The second-order valence-electron chi connectivity index (χ2n) is 4.08. The van der Waals surface area contributed by atoms with Gasteiger partial charge in [-0.15, -0.1) is 0 Å². The van der Waals surface area contributed by atoms with Gasteiger partial charge in [0, 0.05) is 22.6 Å². The molecule has 16 heavy (non-hydrogen) atoms. The van der Waals surface area contributed by atoms with Gasteiger partial charge in [-0.3, -0.25) is 9.00 Å². The Balaban J connectivity index is 2.40. The average Bonchev–Trinajstić information content (AvgIpc) is 2.57. The molecule has 0 aromatic heterocycles. The summed E-state index contributed by atoms with van der Waals surface area (Å²) in [7, 11) is -1.05. The van der Waals surface area contributed by atoms with Crippen LogP contribution in [0.1, 0.15) is 25.0 Å². The molecule has 1 aliphatic heterocycles. The summed E-state index contributed by atoms with van der Waals surface area (Å²) >= 11 is 0. The Morgan fingerprint density at radius 3 is 2.62 bits per heavy atom. The molecule has 0 N–H and O–H groups in total. The molecule has 1 aromatic rings. The average molecular weight is 238 g/mol. The van der Waals surface area contributed by atoms with Crippen molar-refractivity contribution in [3.05, 3.63) is 29.8 Å². The predicted octanol–water partition coefficient (Wildman–Crippen LogP) is 2.05. The Hall–Kier alpha value is -1.16. The van der Waals surface area contributed by atoms with Crippen molar-refractivity contribution < 1.29 is 13.7 Å². The Morgan fingerprint density at radius 2 is 2.06 bits per heavy atom. The fourth-order valence-electron chi connectivity index (χ4n) is 2.02. The van der Waals surface area contributed by atoms with Crippen LogP contribution in [0.4, 0.5) is 0 Å². The summed E-state index contributed by atoms with van der Waals surface area (Å²) in [6, 6.07) is 7.44. The first kappa shape index (κ1) is 11.3. The number of hydrogen-bond acceptors (Lipinski definition) is 3. The molecule has 3 atom stereocenters. The van der Waals surface area contributed by atoms with E-state index in [1.807, 2.05) is 31.2 Å². The molecule has 3 nitrogen and oxygen atoms in total. The number of benzene rings is 1. The normalized spacial score (nSPS) is 26.5. The third-order valence-corrected chi connectivity index (χ3v) is 3.79. The number of carbonyl (C=O) groups is 1. The Kier molecular flexibility index (Phi) is 3.10. The van der Waals surface area contributed by atoms with Gasteiger partial charge in [-0.2, -0.15) is 0 Å². The van der Waals surface area contributed by atoms with Crippen LogP contribution in [0.3, 0.4) is 0 Å². The Bertz CT molecular complexity index is 442. The first-order valence-electron chi connectivity index (χ1n) is 5.21. The minimum absolute atomic E-state index is 0.150. The van der Waals surface area contributed by atoms with Gasteiger partial charge in [0.25, 0.3) is 0 Å². The van der Waals surface area contributed by atoms with E-state index < -0.39 is 10.8 Å². The van der Waals surface area contributed by atoms with Gasteiger partial charge in [0.15, 0.2) is 0 Å². The van der Waals surface area contributed by atoms with Gasteiger partial charge < -0.3 is 4.74 Å². The Morgan fingerprint density at radius 1 is 1.38 bits per heavy atom. The highest BCUT2D eigenvalue weighted by molar-refractivity contribution is 7.84. The van der Waals surface area contributed by atoms with E-state index in [9.17, 15) is 9.00 Å². The third-order valence-electron chi connectivity index (χ3n) is 2.80. The molecule has 1 aromatic carbocycles. The molecule has 1 saturated heterocycles. The van der Waals surface area contributed by atoms with Crippen LogP contribution < -0.4 is 0 Å². The lowest BCUT2D eigenvalue weighted by Crippen LogP contribution is -2.08. The van der Waals surface area contributed by atoms with E-state index in [2.05, 4.69) is 0 Å². The minimum Gasteiger partial charge on any atom is -0.457 e. The zero-order valence-electron chi connectivity index (χ0n) is 9.30. The molecule has 0 bridgehead atoms. The summed E-state index contributed by atoms with van der Waals surface area (Å²) in [6.45, 7) is 1.98. The zero-order chi connectivity index (χ0) is 11.7. The van der Waals surface area contributed by atoms with Crippen LogP contribution in [0.5, 0.6) is 0 Å². The van der Waals surface area contributed by atoms with Gasteiger partial charge in [0.2, 0.25) is 0 Å². The maximum atomic E-state index is 11.6. The summed E-state index contributed by atoms with van der Waals surface area (Å²) in [6.07, 6.45) is 1.84. The Labute approximate surface area is 97.3 Å². The first-order valence-corrected chi connectivity index (χ1v) is 6.77. The summed E-state index contributed by atoms with van der Waals surface area (Å²) in [5.74, 6) is -0.0219. The number of cyclic esters (lactones) is 1. The van der Waals surface area contributed by atoms with Crippen molar-refractivity contribution in [1.82, 2.24) is 0 Å². The van der Waals surface area contributed by atoms with E-state index in [1.54, 1.807) is 6.26 Å². The van der Waals surface area contributed by atoms with Crippen molar-refractivity contribution >= 4 is 16.8 Å². The summed E-state index contributed by atoms with van der Waals surface area (Å²) < 4.78 is 16.9. The first-order chi connectivity index (χ1) is 7.59. The number of rotatable bonds is 2. The second-order valence-corrected chi connectivity index (χ2v) is 5.43. The highest BCUT2D eigenvalue weighted by atomic mass is 32.2. The standard InChI is InChI=1S/C12H14O3S/c1-8-7-11(13)15-12(8)9-5-3-4-6-10(9)16(2)14/h3-6,8,12H,7H2,1-2H3/t8-,12-,16?/m0/s1. The van der Waals surface area contributed by atoms with Crippen molar-refractivity contribution in [3.8, 4) is 0 Å². The molecule has 1 unspecified atom stereocenters. The largest absolute Gasteiger partial charge is 0.457 e. The fraction of sp³-hybridized carbons (Fsp3) is 0.417. The quantitative estimate of drug-likeness (QED) is 0.741. The van der Waals surface area contributed by atoms with Gasteiger partial charge in [-0.25, -0.2) is 0 Å². The lowest BCUT2D eigenvalue weighted by Gasteiger charge is -2.16. The van der Waals surface area contributed by atoms with Gasteiger partial charge in [0.1, 0.15) is 6.10 Å². The highest BCUT2D eigenvalue weighted by Crippen LogP contribution is 2.37. The number of hydrogen-bond donors (Lipinski definition) is 0. The predicted molar refractivity (Wildman–Crippen MR) is 61.4 cm³/mol. The molecule has 1 heterocycles. The monoisotopic (exact) mass is 238 g/mol. The van der Waals surface area contributed by atoms with Crippen LogP contribution in [-0.4, -0.2) is 16.4 Å². The molecular weight excluding hydrogens is 224 g/mol. The number of esters is 1. The molecule has 4 heteroatoms. The topological polar surface area (TPSA) is 43.4 Å². The van der Waals surface area contributed by atoms with Crippen molar-refractivity contribution in [1.29, 1.82) is 0 Å². The van der Waals surface area contributed by atoms with Crippen LogP contribution in [0.2, 0.25) is 0 Å². The van der Waals surface area contributed by atoms with Crippen LogP contribution >= 0.6 is 0 Å². The fourth-order valence-corrected chi connectivity index (χ4v) is 2.81. The van der Waals surface area contributed by atoms with Gasteiger partial charge in [-0.1, -0.05) is 25.1 Å². The van der Waals surface area contributed by atoms with Crippen molar-refractivity contribution in [2.45, 2.75) is 24.3 Å². The smallest absolute Gasteiger partial charge is 0.306 e.